The lowest BCUT2D eigenvalue weighted by molar-refractivity contribution is -0.159. The molecule has 0 heterocycles. The molecule has 0 bridgehead atoms. The predicted molar refractivity (Wildman–Crippen MR) is 518 cm³/mol. The van der Waals surface area contributed by atoms with Crippen LogP contribution in [0.15, 0.2) is 48.5 Å². The monoisotopic (exact) mass is 1900 g/mol. The Morgan fingerprint density at radius 3 is 0.970 bits per heavy atom. The van der Waals surface area contributed by atoms with Crippen molar-refractivity contribution in [2.45, 2.75) is 394 Å². The van der Waals surface area contributed by atoms with Crippen LogP contribution in [0.5, 0.6) is 0 Å². The molecule has 0 aromatic heterocycles. The van der Waals surface area contributed by atoms with Crippen molar-refractivity contribution in [1.82, 2.24) is 31.9 Å². The molecule has 0 unspecified atom stereocenters. The van der Waals surface area contributed by atoms with Gasteiger partial charge in [0.2, 0.25) is 29.5 Å². The van der Waals surface area contributed by atoms with Crippen LogP contribution in [-0.2, 0) is 110 Å². The summed E-state index contributed by atoms with van der Waals surface area (Å²) in [6, 6.07) is 14.0. The highest BCUT2D eigenvalue weighted by molar-refractivity contribution is 5.87. The van der Waals surface area contributed by atoms with E-state index < -0.39 is 52.9 Å². The Morgan fingerprint density at radius 1 is 0.313 bits per heavy atom. The van der Waals surface area contributed by atoms with Gasteiger partial charge >= 0.3 is 35.9 Å². The molecule has 766 valence electrons. The number of benzene rings is 2. The van der Waals surface area contributed by atoms with E-state index in [2.05, 4.69) is 31.9 Å². The number of aliphatic carboxylic acids is 1. The van der Waals surface area contributed by atoms with Crippen LogP contribution in [0.2, 0.25) is 0 Å². The maximum absolute atomic E-state index is 12.9. The molecule has 31 nitrogen and oxygen atoms in total. The topological polar surface area (TPSA) is 416 Å². The van der Waals surface area contributed by atoms with Gasteiger partial charge in [0.1, 0.15) is 67.5 Å². The first-order valence-electron chi connectivity index (χ1n) is 49.9. The van der Waals surface area contributed by atoms with Crippen LogP contribution in [0, 0.1) is 0 Å². The molecule has 2 atom stereocenters. The number of amides is 6. The molecule has 2 aromatic rings. The van der Waals surface area contributed by atoms with Gasteiger partial charge in [-0.2, -0.15) is 0 Å². The van der Waals surface area contributed by atoms with Crippen molar-refractivity contribution < 1.29 is 120 Å². The number of carbonyl (C=O) groups is 13. The van der Waals surface area contributed by atoms with E-state index in [0.717, 1.165) is 86.5 Å². The standard InChI is InChI=1S/C44H81N3O11.C37H51N3O10.C22H42O4/c1-8-54-34-36(48)24-23-29-45-40(51)35-56-33-32-55-31-30-46-38(49)28-27-37(42(53)58-44(5,6)7)47-39(50)25-21-19-17-15-13-11-9-10-12-14-16-18-20-22-26-41(52)57-43(2,3)4;1-5-46-23-26(41)11-10-18-38-34(43)25-48-22-21-47-20-19-39-33(42)17-16-32(35(44)50-37(2,3)4)40-36(45)49-24-31-29-14-8-6-12-27(29)28-13-7-9-15-30(28)31;1-22(2,3)26-21(25)19-17-15-13-11-9-7-5-4-6-8-10-12-14-16-18-20(23)24/h37H,8-35H2,1-7H3,(H,45,51)(H,46,49)(H,47,50);6-9,12-15,31-32H,5,10-11,16-25H2,1-4H3,(H,38,43)(H,39,42)(H,40,45);4-19H2,1-3H3,(H,23,24)/t37-;32-;/m00./s1. The number of unbranched alkanes of at least 4 members (excludes halogenated alkanes) is 26. The van der Waals surface area contributed by atoms with Crippen LogP contribution in [-0.4, -0.2) is 229 Å². The Balaban J connectivity index is 0.00000107. The van der Waals surface area contributed by atoms with E-state index in [4.69, 9.17) is 57.2 Å². The number of ether oxygens (including phenoxy) is 11. The number of carbonyl (C=O) groups excluding carboxylic acids is 12. The zero-order chi connectivity index (χ0) is 99.5. The van der Waals surface area contributed by atoms with Crippen LogP contribution in [0.4, 0.5) is 4.79 Å². The summed E-state index contributed by atoms with van der Waals surface area (Å²) in [7, 11) is 0. The fraction of sp³-hybridized carbons (Fsp3) is 0.757. The third kappa shape index (κ3) is 73.8. The summed E-state index contributed by atoms with van der Waals surface area (Å²) in [4.78, 5) is 157. The molecule has 0 aliphatic heterocycles. The van der Waals surface area contributed by atoms with E-state index in [-0.39, 0.29) is 176 Å². The van der Waals surface area contributed by atoms with E-state index >= 15 is 0 Å². The highest BCUT2D eigenvalue weighted by Gasteiger charge is 2.33. The van der Waals surface area contributed by atoms with E-state index in [1.54, 1.807) is 41.5 Å². The summed E-state index contributed by atoms with van der Waals surface area (Å²) in [5.74, 6) is -3.59. The number of hydrogen-bond acceptors (Lipinski definition) is 24. The van der Waals surface area contributed by atoms with E-state index in [1.807, 2.05) is 104 Å². The second kappa shape index (κ2) is 76.6. The molecule has 1 aliphatic carbocycles. The van der Waals surface area contributed by atoms with Gasteiger partial charge in [-0.15, -0.1) is 0 Å². The van der Waals surface area contributed by atoms with Gasteiger partial charge in [0.25, 0.3) is 0 Å². The molecule has 0 saturated carbocycles. The van der Waals surface area contributed by atoms with Crippen molar-refractivity contribution in [2.24, 2.45) is 0 Å². The van der Waals surface area contributed by atoms with Crippen molar-refractivity contribution >= 4 is 77.0 Å². The Kier molecular flexibility index (Phi) is 70.6. The second-order valence-electron chi connectivity index (χ2n) is 38.0. The summed E-state index contributed by atoms with van der Waals surface area (Å²) in [5, 5.41) is 24.8. The number of hydrogen-bond donors (Lipinski definition) is 7. The summed E-state index contributed by atoms with van der Waals surface area (Å²) < 4.78 is 58.9. The van der Waals surface area contributed by atoms with Gasteiger partial charge in [-0.3, -0.25) is 47.9 Å². The van der Waals surface area contributed by atoms with Crippen LogP contribution < -0.4 is 31.9 Å². The van der Waals surface area contributed by atoms with Gasteiger partial charge in [0.05, 0.1) is 39.6 Å². The van der Waals surface area contributed by atoms with Gasteiger partial charge in [-0.1, -0.05) is 203 Å². The zero-order valence-electron chi connectivity index (χ0n) is 84.4. The van der Waals surface area contributed by atoms with E-state index in [9.17, 15) is 62.3 Å². The number of esters is 4. The first-order chi connectivity index (χ1) is 63.8. The first-order valence-corrected chi connectivity index (χ1v) is 49.9. The summed E-state index contributed by atoms with van der Waals surface area (Å²) >= 11 is 0. The van der Waals surface area contributed by atoms with Gasteiger partial charge < -0.3 is 89.1 Å². The van der Waals surface area contributed by atoms with Crippen molar-refractivity contribution in [3.63, 3.8) is 0 Å². The number of carboxylic acid groups (broad SMARTS) is 1. The molecule has 0 saturated heterocycles. The Morgan fingerprint density at radius 2 is 0.627 bits per heavy atom. The highest BCUT2D eigenvalue weighted by Crippen LogP contribution is 2.44. The van der Waals surface area contributed by atoms with Crippen molar-refractivity contribution in [3.8, 4) is 11.1 Å². The van der Waals surface area contributed by atoms with E-state index in [1.165, 1.54) is 116 Å². The SMILES string of the molecule is CC(C)(C)OC(=O)CCCCCCCCCCCCCCCCC(=O)O.CCOCC(=O)CCCNC(=O)COCCOCCNC(=O)CC[C@H](NC(=O)CCCCCCCCCCCCCCCCC(=O)OC(C)(C)C)C(=O)OC(C)(C)C.CCOCC(=O)CCCNC(=O)COCCOCCNC(=O)CC[C@H](NC(=O)OCC1c2ccccc2-c2ccccc21)C(=O)OC(C)(C)C. The fourth-order valence-corrected chi connectivity index (χ4v) is 14.1. The van der Waals surface area contributed by atoms with Crippen molar-refractivity contribution in [1.29, 1.82) is 0 Å². The summed E-state index contributed by atoms with van der Waals surface area (Å²) in [5.41, 5.74) is 2.04. The minimum absolute atomic E-state index is 0.00113. The number of ketones is 2. The third-order valence-corrected chi connectivity index (χ3v) is 20.8. The fourth-order valence-electron chi connectivity index (χ4n) is 14.1. The molecular weight excluding hydrogens is 1720 g/mol. The molecule has 7 N–H and O–H groups in total. The highest BCUT2D eigenvalue weighted by atomic mass is 16.6. The largest absolute Gasteiger partial charge is 0.481 e. The van der Waals surface area contributed by atoms with Crippen molar-refractivity contribution in [2.75, 3.05) is 112 Å². The predicted octanol–water partition coefficient (Wildman–Crippen LogP) is 17.1. The molecule has 1 aliphatic rings. The number of rotatable bonds is 76. The summed E-state index contributed by atoms with van der Waals surface area (Å²) in [6.45, 7) is 29.1. The Hall–Kier alpha value is -8.49. The number of alkyl carbamates (subject to hydrolysis) is 1. The number of fused-ring (bicyclic) bond motifs is 3. The first kappa shape index (κ1) is 124. The Labute approximate surface area is 801 Å². The molecule has 0 radical (unpaired) electrons. The maximum Gasteiger partial charge on any atom is 0.407 e. The smallest absolute Gasteiger partial charge is 0.407 e. The lowest BCUT2D eigenvalue weighted by atomic mass is 9.98. The van der Waals surface area contributed by atoms with Crippen molar-refractivity contribution in [3.05, 3.63) is 59.7 Å². The third-order valence-electron chi connectivity index (χ3n) is 20.8. The van der Waals surface area contributed by atoms with Crippen LogP contribution >= 0.6 is 0 Å². The lowest BCUT2D eigenvalue weighted by Crippen LogP contribution is -2.45. The molecule has 2 aromatic carbocycles. The number of Topliss-reactive ketones (excluding diaryl/α,β-unsaturated/α-hetero) is 2. The number of carboxylic acids is 1. The minimum Gasteiger partial charge on any atom is -0.481 e. The number of nitrogens with one attached hydrogen (secondary N) is 6. The maximum atomic E-state index is 12.9. The zero-order valence-corrected chi connectivity index (χ0v) is 84.4. The molecule has 31 heteroatoms. The normalized spacial score (nSPS) is 12.2. The second-order valence-corrected chi connectivity index (χ2v) is 38.0. The van der Waals surface area contributed by atoms with Gasteiger partial charge in [-0.25, -0.2) is 14.4 Å². The lowest BCUT2D eigenvalue weighted by Gasteiger charge is -2.24. The van der Waals surface area contributed by atoms with Gasteiger partial charge in [0, 0.05) is 96.7 Å². The minimum atomic E-state index is -1.09. The van der Waals surface area contributed by atoms with Crippen LogP contribution in [0.3, 0.4) is 0 Å². The van der Waals surface area contributed by atoms with Crippen LogP contribution in [0.25, 0.3) is 11.1 Å². The van der Waals surface area contributed by atoms with Crippen LogP contribution in [0.1, 0.15) is 371 Å². The quantitative estimate of drug-likeness (QED) is 0.0184. The van der Waals surface area contributed by atoms with E-state index in [0.29, 0.717) is 77.7 Å². The molecule has 0 spiro atoms. The molecule has 0 fully saturated rings. The van der Waals surface area contributed by atoms with Gasteiger partial charge in [-0.05, 0) is 171 Å². The molecule has 3 rings (SSSR count). The summed E-state index contributed by atoms with van der Waals surface area (Å²) in [6.07, 6.45) is 35.3. The molecular formula is C103H174N6O25. The molecule has 6 amide bonds. The van der Waals surface area contributed by atoms with Gasteiger partial charge in [0.15, 0.2) is 11.6 Å². The average Bonchev–Trinajstić information content (AvgIpc) is 1.61. The Bertz CT molecular complexity index is 3540. The average molecular weight is 1900 g/mol. The molecule has 134 heavy (non-hydrogen) atoms.